The Morgan fingerprint density at radius 1 is 1.13 bits per heavy atom. The van der Waals surface area contributed by atoms with Crippen molar-refractivity contribution in [1.82, 2.24) is 24.7 Å². The number of rotatable bonds is 3. The standard InChI is InChI=1S/C21H24F3N5O2/c1-11-7-16(21(31)28(11)3)25-20(30)18-17-10-27(2)5-4-6-29(17)19(26-18)12-8-14(23)15(24)9-13(12)22/h8-9,11,16H,4-7,10H2,1-3H3,(H,25,30)/t11?,16-/m0/s1. The highest BCUT2D eigenvalue weighted by Crippen LogP contribution is 2.29. The molecule has 0 spiro atoms. The normalized spacial score (nSPS) is 21.9. The van der Waals surface area contributed by atoms with E-state index in [1.54, 1.807) is 16.5 Å². The maximum atomic E-state index is 14.5. The molecule has 0 bridgehead atoms. The van der Waals surface area contributed by atoms with Crippen LogP contribution in [-0.2, 0) is 17.9 Å². The molecule has 7 nitrogen and oxygen atoms in total. The Kier molecular flexibility index (Phi) is 5.50. The number of nitrogens with zero attached hydrogens (tertiary/aromatic N) is 4. The van der Waals surface area contributed by atoms with E-state index in [1.165, 1.54) is 0 Å². The van der Waals surface area contributed by atoms with E-state index in [1.807, 2.05) is 18.9 Å². The minimum absolute atomic E-state index is 0.00473. The van der Waals surface area contributed by atoms with Crippen LogP contribution in [-0.4, -0.2) is 63.9 Å². The zero-order valence-electron chi connectivity index (χ0n) is 17.6. The maximum absolute atomic E-state index is 14.5. The highest BCUT2D eigenvalue weighted by atomic mass is 19.2. The van der Waals surface area contributed by atoms with E-state index >= 15 is 0 Å². The van der Waals surface area contributed by atoms with Crippen molar-refractivity contribution in [3.8, 4) is 11.4 Å². The van der Waals surface area contributed by atoms with Gasteiger partial charge in [-0.05, 0) is 39.4 Å². The average molecular weight is 435 g/mol. The number of aromatic nitrogens is 2. The van der Waals surface area contributed by atoms with E-state index in [2.05, 4.69) is 10.3 Å². The third-order valence-electron chi connectivity index (χ3n) is 6.07. The van der Waals surface area contributed by atoms with Crippen LogP contribution in [0.4, 0.5) is 13.2 Å². The van der Waals surface area contributed by atoms with Gasteiger partial charge in [-0.1, -0.05) is 0 Å². The number of benzene rings is 1. The maximum Gasteiger partial charge on any atom is 0.272 e. The quantitative estimate of drug-likeness (QED) is 0.751. The second kappa shape index (κ2) is 7.99. The summed E-state index contributed by atoms with van der Waals surface area (Å²) in [7, 11) is 3.57. The summed E-state index contributed by atoms with van der Waals surface area (Å²) in [5.41, 5.74) is 0.389. The lowest BCUT2D eigenvalue weighted by molar-refractivity contribution is -0.128. The monoisotopic (exact) mass is 435 g/mol. The summed E-state index contributed by atoms with van der Waals surface area (Å²) in [6.07, 6.45) is 1.18. The van der Waals surface area contributed by atoms with Gasteiger partial charge in [0.05, 0.1) is 11.3 Å². The molecule has 2 aliphatic rings. The van der Waals surface area contributed by atoms with E-state index in [-0.39, 0.29) is 29.0 Å². The molecule has 166 valence electrons. The number of nitrogens with one attached hydrogen (secondary N) is 1. The fraction of sp³-hybridized carbons (Fsp3) is 0.476. The Hall–Kier alpha value is -2.88. The number of halogens is 3. The van der Waals surface area contributed by atoms with Crippen LogP contribution in [0.3, 0.4) is 0 Å². The van der Waals surface area contributed by atoms with Gasteiger partial charge in [0, 0.05) is 32.2 Å². The molecule has 2 atom stereocenters. The number of likely N-dealkylation sites (N-methyl/N-ethyl adjacent to an activating group) is 1. The van der Waals surface area contributed by atoms with Crippen LogP contribution >= 0.6 is 0 Å². The summed E-state index contributed by atoms with van der Waals surface area (Å²) in [5.74, 6) is -4.12. The van der Waals surface area contributed by atoms with Gasteiger partial charge in [-0.2, -0.15) is 0 Å². The molecule has 1 saturated heterocycles. The molecule has 1 aromatic heterocycles. The smallest absolute Gasteiger partial charge is 0.272 e. The fourth-order valence-electron chi connectivity index (χ4n) is 4.21. The second-order valence-electron chi connectivity index (χ2n) is 8.28. The highest BCUT2D eigenvalue weighted by molar-refractivity contribution is 5.98. The molecular formula is C21H24F3N5O2. The number of amides is 2. The Bertz CT molecular complexity index is 1050. The van der Waals surface area contributed by atoms with E-state index in [0.717, 1.165) is 12.6 Å². The van der Waals surface area contributed by atoms with Crippen LogP contribution in [0.1, 0.15) is 35.9 Å². The third kappa shape index (κ3) is 3.80. The Labute approximate surface area is 177 Å². The summed E-state index contributed by atoms with van der Waals surface area (Å²) in [4.78, 5) is 33.4. The van der Waals surface area contributed by atoms with Gasteiger partial charge >= 0.3 is 0 Å². The molecular weight excluding hydrogens is 411 g/mol. The summed E-state index contributed by atoms with van der Waals surface area (Å²) in [5, 5.41) is 2.74. The van der Waals surface area contributed by atoms with E-state index < -0.39 is 29.4 Å². The Balaban J connectivity index is 1.76. The molecule has 1 fully saturated rings. The summed E-state index contributed by atoms with van der Waals surface area (Å²) < 4.78 is 43.5. The number of hydrogen-bond acceptors (Lipinski definition) is 4. The summed E-state index contributed by atoms with van der Waals surface area (Å²) in [6, 6.07) is 0.559. The minimum Gasteiger partial charge on any atom is -0.341 e. The van der Waals surface area contributed by atoms with E-state index in [0.29, 0.717) is 37.7 Å². The fourth-order valence-corrected chi connectivity index (χ4v) is 4.21. The van der Waals surface area contributed by atoms with Gasteiger partial charge in [0.15, 0.2) is 17.3 Å². The van der Waals surface area contributed by atoms with Crippen molar-refractivity contribution in [3.05, 3.63) is 41.0 Å². The second-order valence-corrected chi connectivity index (χ2v) is 8.28. The molecule has 1 aromatic carbocycles. The first kappa shape index (κ1) is 21.4. The van der Waals surface area contributed by atoms with Crippen LogP contribution in [0, 0.1) is 17.5 Å². The average Bonchev–Trinajstić information content (AvgIpc) is 3.08. The van der Waals surface area contributed by atoms with Crippen molar-refractivity contribution in [2.24, 2.45) is 0 Å². The molecule has 4 rings (SSSR count). The molecule has 0 saturated carbocycles. The molecule has 31 heavy (non-hydrogen) atoms. The van der Waals surface area contributed by atoms with Crippen LogP contribution in [0.5, 0.6) is 0 Å². The number of hydrogen-bond donors (Lipinski definition) is 1. The first-order chi connectivity index (χ1) is 14.7. The van der Waals surface area contributed by atoms with Gasteiger partial charge in [0.25, 0.3) is 5.91 Å². The van der Waals surface area contributed by atoms with E-state index in [9.17, 15) is 22.8 Å². The number of likely N-dealkylation sites (tertiary alicyclic amines) is 1. The van der Waals surface area contributed by atoms with Crippen LogP contribution in [0.25, 0.3) is 11.4 Å². The van der Waals surface area contributed by atoms with Gasteiger partial charge < -0.3 is 19.7 Å². The molecule has 3 heterocycles. The number of fused-ring (bicyclic) bond motifs is 1. The SMILES string of the molecule is CC1C[C@H](NC(=O)c2nc(-c3cc(F)c(F)cc3F)n3c2CN(C)CCC3)C(=O)N1C. The van der Waals surface area contributed by atoms with Gasteiger partial charge in [0.1, 0.15) is 17.7 Å². The van der Waals surface area contributed by atoms with Gasteiger partial charge in [-0.3, -0.25) is 9.59 Å². The highest BCUT2D eigenvalue weighted by Gasteiger charge is 2.37. The van der Waals surface area contributed by atoms with Crippen molar-refractivity contribution in [3.63, 3.8) is 0 Å². The van der Waals surface area contributed by atoms with Gasteiger partial charge in [0.2, 0.25) is 5.91 Å². The Morgan fingerprint density at radius 3 is 2.52 bits per heavy atom. The van der Waals surface area contributed by atoms with Crippen molar-refractivity contribution in [1.29, 1.82) is 0 Å². The summed E-state index contributed by atoms with van der Waals surface area (Å²) >= 11 is 0. The number of carbonyl (C=O) groups is 2. The Morgan fingerprint density at radius 2 is 1.84 bits per heavy atom. The molecule has 2 aromatic rings. The van der Waals surface area contributed by atoms with Crippen molar-refractivity contribution < 1.29 is 22.8 Å². The predicted octanol–water partition coefficient (Wildman–Crippen LogP) is 2.15. The van der Waals surface area contributed by atoms with Gasteiger partial charge in [-0.25, -0.2) is 18.2 Å². The largest absolute Gasteiger partial charge is 0.341 e. The van der Waals surface area contributed by atoms with Crippen molar-refractivity contribution >= 4 is 11.8 Å². The summed E-state index contributed by atoms with van der Waals surface area (Å²) in [6.45, 7) is 3.45. The molecule has 1 unspecified atom stereocenters. The molecule has 2 aliphatic heterocycles. The molecule has 0 radical (unpaired) electrons. The van der Waals surface area contributed by atoms with Crippen molar-refractivity contribution in [2.45, 2.75) is 44.9 Å². The third-order valence-corrected chi connectivity index (χ3v) is 6.07. The lowest BCUT2D eigenvalue weighted by atomic mass is 10.2. The minimum atomic E-state index is -1.29. The van der Waals surface area contributed by atoms with E-state index in [4.69, 9.17) is 0 Å². The molecule has 10 heteroatoms. The molecule has 1 N–H and O–H groups in total. The molecule has 2 amide bonds. The van der Waals surface area contributed by atoms with Crippen LogP contribution in [0.15, 0.2) is 12.1 Å². The van der Waals surface area contributed by atoms with Crippen molar-refractivity contribution in [2.75, 3.05) is 20.6 Å². The first-order valence-electron chi connectivity index (χ1n) is 10.2. The number of imidazole rings is 1. The first-order valence-corrected chi connectivity index (χ1v) is 10.2. The zero-order chi connectivity index (χ0) is 22.4. The lowest BCUT2D eigenvalue weighted by Crippen LogP contribution is -2.41. The predicted molar refractivity (Wildman–Crippen MR) is 107 cm³/mol. The molecule has 0 aliphatic carbocycles. The topological polar surface area (TPSA) is 70.5 Å². The lowest BCUT2D eigenvalue weighted by Gasteiger charge is -2.15. The number of carbonyl (C=O) groups excluding carboxylic acids is 2. The van der Waals surface area contributed by atoms with Crippen LogP contribution < -0.4 is 5.32 Å². The van der Waals surface area contributed by atoms with Crippen LogP contribution in [0.2, 0.25) is 0 Å². The van der Waals surface area contributed by atoms with Gasteiger partial charge in [-0.15, -0.1) is 0 Å². The zero-order valence-corrected chi connectivity index (χ0v) is 17.6.